The molecule has 5 heteroatoms. The number of hydrogen-bond donors (Lipinski definition) is 1. The number of nitriles is 1. The molecule has 0 aromatic carbocycles. The fraction of sp³-hybridized carbons (Fsp3) is 0.636. The van der Waals surface area contributed by atoms with E-state index in [0.29, 0.717) is 6.04 Å². The molecule has 0 fully saturated rings. The van der Waals surface area contributed by atoms with Crippen LogP contribution in [0.25, 0.3) is 0 Å². The van der Waals surface area contributed by atoms with Gasteiger partial charge in [-0.05, 0) is 20.3 Å². The summed E-state index contributed by atoms with van der Waals surface area (Å²) in [5.74, 6) is 0.934. The molecule has 16 heavy (non-hydrogen) atoms. The highest BCUT2D eigenvalue weighted by Crippen LogP contribution is 2.17. The van der Waals surface area contributed by atoms with Crippen LogP contribution in [0.3, 0.4) is 0 Å². The number of nitrogens with one attached hydrogen (secondary N) is 1. The Bertz CT molecular complexity index is 353. The Labute approximate surface area is 101 Å². The van der Waals surface area contributed by atoms with Gasteiger partial charge < -0.3 is 0 Å². The lowest BCUT2D eigenvalue weighted by Crippen LogP contribution is -2.33. The van der Waals surface area contributed by atoms with E-state index in [1.807, 2.05) is 19.4 Å². The van der Waals surface area contributed by atoms with E-state index in [1.54, 1.807) is 16.4 Å². The molecule has 0 aliphatic carbocycles. The summed E-state index contributed by atoms with van der Waals surface area (Å²) >= 11 is 1.74. The van der Waals surface area contributed by atoms with Crippen molar-refractivity contribution in [3.63, 3.8) is 0 Å². The van der Waals surface area contributed by atoms with E-state index in [0.717, 1.165) is 17.1 Å². The monoisotopic (exact) mass is 238 g/mol. The number of hydrogen-bond acceptors (Lipinski definition) is 4. The molecule has 1 aromatic heterocycles. The Morgan fingerprint density at radius 2 is 2.38 bits per heavy atom. The van der Waals surface area contributed by atoms with Crippen molar-refractivity contribution in [3.05, 3.63) is 12.4 Å². The summed E-state index contributed by atoms with van der Waals surface area (Å²) in [5.41, 5.74) is 0. The van der Waals surface area contributed by atoms with Crippen LogP contribution in [-0.4, -0.2) is 27.6 Å². The average Bonchev–Trinajstić information content (AvgIpc) is 2.62. The van der Waals surface area contributed by atoms with Gasteiger partial charge in [0.25, 0.3) is 0 Å². The third-order valence-corrected chi connectivity index (χ3v) is 3.03. The van der Waals surface area contributed by atoms with Crippen molar-refractivity contribution >= 4 is 11.8 Å². The first-order valence-corrected chi connectivity index (χ1v) is 6.37. The third-order valence-electron chi connectivity index (χ3n) is 2.05. The van der Waals surface area contributed by atoms with Crippen molar-refractivity contribution in [2.45, 2.75) is 37.2 Å². The molecular formula is C11H18N4S. The molecule has 0 saturated carbocycles. The molecule has 1 N–H and O–H groups in total. The summed E-state index contributed by atoms with van der Waals surface area (Å²) in [5, 5.41) is 16.3. The molecule has 1 unspecified atom stereocenters. The van der Waals surface area contributed by atoms with Crippen molar-refractivity contribution in [2.24, 2.45) is 7.05 Å². The van der Waals surface area contributed by atoms with Crippen molar-refractivity contribution in [1.82, 2.24) is 15.1 Å². The summed E-state index contributed by atoms with van der Waals surface area (Å²) in [7, 11) is 1.91. The molecule has 88 valence electrons. The maximum Gasteiger partial charge on any atom is 0.0962 e. The van der Waals surface area contributed by atoms with E-state index in [9.17, 15) is 0 Å². The van der Waals surface area contributed by atoms with E-state index in [1.165, 1.54) is 0 Å². The van der Waals surface area contributed by atoms with Crippen molar-refractivity contribution in [2.75, 3.05) is 5.75 Å². The van der Waals surface area contributed by atoms with Crippen LogP contribution < -0.4 is 5.32 Å². The van der Waals surface area contributed by atoms with Gasteiger partial charge in [-0.3, -0.25) is 10.00 Å². The largest absolute Gasteiger partial charge is 0.300 e. The van der Waals surface area contributed by atoms with E-state index in [2.05, 4.69) is 30.3 Å². The summed E-state index contributed by atoms with van der Waals surface area (Å²) in [4.78, 5) is 1.16. The second kappa shape index (κ2) is 6.56. The normalized spacial score (nSPS) is 12.7. The van der Waals surface area contributed by atoms with Gasteiger partial charge in [-0.15, -0.1) is 11.8 Å². The Morgan fingerprint density at radius 3 is 2.88 bits per heavy atom. The average molecular weight is 238 g/mol. The van der Waals surface area contributed by atoms with Gasteiger partial charge in [0.15, 0.2) is 0 Å². The molecule has 0 aliphatic heterocycles. The van der Waals surface area contributed by atoms with E-state index < -0.39 is 0 Å². The van der Waals surface area contributed by atoms with Gasteiger partial charge in [-0.25, -0.2) is 0 Å². The van der Waals surface area contributed by atoms with E-state index in [4.69, 9.17) is 5.26 Å². The van der Waals surface area contributed by atoms with Gasteiger partial charge >= 0.3 is 0 Å². The molecule has 1 heterocycles. The predicted octanol–water partition coefficient (Wildman–Crippen LogP) is 1.79. The Kier molecular flexibility index (Phi) is 5.36. The summed E-state index contributed by atoms with van der Waals surface area (Å²) in [6, 6.07) is 2.58. The molecule has 0 radical (unpaired) electrons. The zero-order chi connectivity index (χ0) is 12.0. The molecule has 1 rings (SSSR count). The highest BCUT2D eigenvalue weighted by atomic mass is 32.2. The maximum atomic E-state index is 8.94. The topological polar surface area (TPSA) is 53.6 Å². The highest BCUT2D eigenvalue weighted by molar-refractivity contribution is 7.99. The number of thioether (sulfide) groups is 1. The first-order chi connectivity index (χ1) is 7.61. The fourth-order valence-corrected chi connectivity index (χ4v) is 2.29. The molecule has 0 bridgehead atoms. The van der Waals surface area contributed by atoms with Crippen molar-refractivity contribution in [1.29, 1.82) is 5.26 Å². The minimum Gasteiger partial charge on any atom is -0.300 e. The van der Waals surface area contributed by atoms with Gasteiger partial charge in [0, 0.05) is 29.9 Å². The van der Waals surface area contributed by atoms with E-state index >= 15 is 0 Å². The van der Waals surface area contributed by atoms with E-state index in [-0.39, 0.29) is 6.04 Å². The second-order valence-corrected chi connectivity index (χ2v) is 5.16. The SMILES string of the molecule is CC(C)NC(C#N)CCSc1cnn(C)c1. The predicted molar refractivity (Wildman–Crippen MR) is 66.2 cm³/mol. The van der Waals surface area contributed by atoms with Crippen molar-refractivity contribution < 1.29 is 0 Å². The summed E-state index contributed by atoms with van der Waals surface area (Å²) in [6.45, 7) is 4.11. The minimum atomic E-state index is -0.0517. The quantitative estimate of drug-likeness (QED) is 0.768. The Hall–Kier alpha value is -0.990. The van der Waals surface area contributed by atoms with Crippen LogP contribution in [0.1, 0.15) is 20.3 Å². The number of aromatic nitrogens is 2. The lowest BCUT2D eigenvalue weighted by molar-refractivity contribution is 0.522. The third kappa shape index (κ3) is 4.69. The van der Waals surface area contributed by atoms with Crippen molar-refractivity contribution in [3.8, 4) is 6.07 Å². The van der Waals surface area contributed by atoms with Crippen LogP contribution >= 0.6 is 11.8 Å². The van der Waals surface area contributed by atoms with Gasteiger partial charge in [0.1, 0.15) is 0 Å². The zero-order valence-corrected chi connectivity index (χ0v) is 10.8. The Morgan fingerprint density at radius 1 is 1.62 bits per heavy atom. The molecule has 0 spiro atoms. The molecule has 4 nitrogen and oxygen atoms in total. The number of rotatable bonds is 6. The standard InChI is InChI=1S/C11H18N4S/c1-9(2)14-10(6-12)4-5-16-11-7-13-15(3)8-11/h7-10,14H,4-5H2,1-3H3. The molecule has 0 saturated heterocycles. The minimum absolute atomic E-state index is 0.0517. The lowest BCUT2D eigenvalue weighted by Gasteiger charge is -2.13. The fourth-order valence-electron chi connectivity index (χ4n) is 1.36. The second-order valence-electron chi connectivity index (χ2n) is 3.99. The number of nitrogens with zero attached hydrogens (tertiary/aromatic N) is 3. The van der Waals surface area contributed by atoms with Gasteiger partial charge in [-0.2, -0.15) is 10.4 Å². The smallest absolute Gasteiger partial charge is 0.0962 e. The number of aryl methyl sites for hydroxylation is 1. The van der Waals surface area contributed by atoms with Crippen LogP contribution in [0, 0.1) is 11.3 Å². The van der Waals surface area contributed by atoms with Crippen LogP contribution in [0.5, 0.6) is 0 Å². The van der Waals surface area contributed by atoms with Crippen LogP contribution in [0.4, 0.5) is 0 Å². The van der Waals surface area contributed by atoms with Gasteiger partial charge in [0.2, 0.25) is 0 Å². The van der Waals surface area contributed by atoms with Gasteiger partial charge in [0.05, 0.1) is 18.3 Å². The molecule has 1 atom stereocenters. The molecular weight excluding hydrogens is 220 g/mol. The Balaban J connectivity index is 2.26. The van der Waals surface area contributed by atoms with Gasteiger partial charge in [-0.1, -0.05) is 0 Å². The molecule has 0 aliphatic rings. The lowest BCUT2D eigenvalue weighted by atomic mass is 10.2. The first-order valence-electron chi connectivity index (χ1n) is 5.39. The first kappa shape index (κ1) is 13.1. The molecule has 1 aromatic rings. The summed E-state index contributed by atoms with van der Waals surface area (Å²) in [6.07, 6.45) is 4.69. The summed E-state index contributed by atoms with van der Waals surface area (Å²) < 4.78 is 1.79. The molecule has 0 amide bonds. The highest BCUT2D eigenvalue weighted by Gasteiger charge is 2.08. The maximum absolute atomic E-state index is 8.94. The van der Waals surface area contributed by atoms with Crippen LogP contribution in [-0.2, 0) is 7.05 Å². The van der Waals surface area contributed by atoms with Crippen LogP contribution in [0.15, 0.2) is 17.3 Å². The zero-order valence-electron chi connectivity index (χ0n) is 9.97. The van der Waals surface area contributed by atoms with Crippen LogP contribution in [0.2, 0.25) is 0 Å².